The van der Waals surface area contributed by atoms with E-state index >= 15 is 0 Å². The minimum atomic E-state index is -0.173. The lowest BCUT2D eigenvalue weighted by Crippen LogP contribution is -2.15. The van der Waals surface area contributed by atoms with Crippen LogP contribution in [0.15, 0.2) is 23.0 Å². The summed E-state index contributed by atoms with van der Waals surface area (Å²) in [5, 5.41) is 8.00. The Morgan fingerprint density at radius 3 is 3.11 bits per heavy atom. The number of ether oxygens (including phenoxy) is 1. The van der Waals surface area contributed by atoms with Gasteiger partial charge in [-0.05, 0) is 18.4 Å². The summed E-state index contributed by atoms with van der Waals surface area (Å²) in [5.41, 5.74) is 7.14. The van der Waals surface area contributed by atoms with Crippen LogP contribution in [0.25, 0.3) is 10.8 Å². The van der Waals surface area contributed by atoms with Crippen LogP contribution in [0.5, 0.6) is 0 Å². The molecule has 0 radical (unpaired) electrons. The van der Waals surface area contributed by atoms with Crippen LogP contribution in [0, 0.1) is 0 Å². The summed E-state index contributed by atoms with van der Waals surface area (Å²) in [4.78, 5) is 12.0. The van der Waals surface area contributed by atoms with Crippen LogP contribution in [0.1, 0.15) is 30.2 Å². The third kappa shape index (κ3) is 1.72. The van der Waals surface area contributed by atoms with Gasteiger partial charge in [0.15, 0.2) is 0 Å². The number of nitrogens with zero attached hydrogens (tertiary/aromatic N) is 1. The summed E-state index contributed by atoms with van der Waals surface area (Å²) >= 11 is 0. The molecule has 3 N–H and O–H groups in total. The Labute approximate surface area is 104 Å². The van der Waals surface area contributed by atoms with E-state index in [9.17, 15) is 4.79 Å². The van der Waals surface area contributed by atoms with Crippen molar-refractivity contribution in [2.75, 3.05) is 6.61 Å². The monoisotopic (exact) mass is 245 g/mol. The molecule has 1 fully saturated rings. The van der Waals surface area contributed by atoms with E-state index in [1.807, 2.05) is 18.2 Å². The van der Waals surface area contributed by atoms with Crippen molar-refractivity contribution in [3.63, 3.8) is 0 Å². The van der Waals surface area contributed by atoms with Crippen LogP contribution in [0.2, 0.25) is 0 Å². The van der Waals surface area contributed by atoms with Crippen molar-refractivity contribution in [3.8, 4) is 0 Å². The Balaban J connectivity index is 2.29. The maximum Gasteiger partial charge on any atom is 0.272 e. The van der Waals surface area contributed by atoms with Gasteiger partial charge < -0.3 is 10.5 Å². The zero-order valence-corrected chi connectivity index (χ0v) is 9.98. The van der Waals surface area contributed by atoms with Gasteiger partial charge in [-0.3, -0.25) is 4.79 Å². The smallest absolute Gasteiger partial charge is 0.272 e. The van der Waals surface area contributed by atoms with Gasteiger partial charge in [0.2, 0.25) is 0 Å². The second-order valence-corrected chi connectivity index (χ2v) is 4.48. The quantitative estimate of drug-likeness (QED) is 0.834. The van der Waals surface area contributed by atoms with Gasteiger partial charge in [-0.15, -0.1) is 0 Å². The SMILES string of the molecule is NCc1n[nH]c(=O)c2c([C@H]3CCCO3)cccc12. The van der Waals surface area contributed by atoms with E-state index in [2.05, 4.69) is 10.2 Å². The third-order valence-electron chi connectivity index (χ3n) is 3.40. The van der Waals surface area contributed by atoms with Crippen LogP contribution < -0.4 is 11.3 Å². The fourth-order valence-electron chi connectivity index (χ4n) is 2.55. The fraction of sp³-hybridized carbons (Fsp3) is 0.385. The number of nitrogens with two attached hydrogens (primary N) is 1. The fourth-order valence-corrected chi connectivity index (χ4v) is 2.55. The minimum Gasteiger partial charge on any atom is -0.374 e. The minimum absolute atomic E-state index is 0.0165. The van der Waals surface area contributed by atoms with E-state index in [-0.39, 0.29) is 11.7 Å². The molecule has 1 atom stereocenters. The largest absolute Gasteiger partial charge is 0.374 e. The molecule has 0 spiro atoms. The number of hydrogen-bond acceptors (Lipinski definition) is 4. The number of aromatic nitrogens is 2. The van der Waals surface area contributed by atoms with Gasteiger partial charge in [0.25, 0.3) is 5.56 Å². The molecule has 2 aromatic rings. The lowest BCUT2D eigenvalue weighted by molar-refractivity contribution is 0.113. The first-order valence-corrected chi connectivity index (χ1v) is 6.13. The van der Waals surface area contributed by atoms with E-state index in [4.69, 9.17) is 10.5 Å². The zero-order valence-electron chi connectivity index (χ0n) is 9.98. The predicted octanol–water partition coefficient (Wildman–Crippen LogP) is 1.23. The summed E-state index contributed by atoms with van der Waals surface area (Å²) < 4.78 is 5.67. The summed E-state index contributed by atoms with van der Waals surface area (Å²) in [6, 6.07) is 5.77. The number of H-pyrrole nitrogens is 1. The number of nitrogens with one attached hydrogen (secondary N) is 1. The van der Waals surface area contributed by atoms with E-state index in [0.717, 1.165) is 30.4 Å². The summed E-state index contributed by atoms with van der Waals surface area (Å²) in [7, 11) is 0. The van der Waals surface area contributed by atoms with Crippen molar-refractivity contribution in [3.05, 3.63) is 39.8 Å². The second kappa shape index (κ2) is 4.51. The lowest BCUT2D eigenvalue weighted by atomic mass is 9.99. The van der Waals surface area contributed by atoms with Gasteiger partial charge in [0.05, 0.1) is 17.2 Å². The summed E-state index contributed by atoms with van der Waals surface area (Å²) in [5.74, 6) is 0. The topological polar surface area (TPSA) is 81.0 Å². The van der Waals surface area contributed by atoms with Gasteiger partial charge in [0, 0.05) is 18.5 Å². The zero-order chi connectivity index (χ0) is 12.5. The maximum absolute atomic E-state index is 12.0. The molecule has 0 saturated carbocycles. The van der Waals surface area contributed by atoms with Crippen LogP contribution in [-0.4, -0.2) is 16.8 Å². The average molecular weight is 245 g/mol. The van der Waals surface area contributed by atoms with Crippen molar-refractivity contribution < 1.29 is 4.74 Å². The first kappa shape index (κ1) is 11.4. The van der Waals surface area contributed by atoms with Crippen molar-refractivity contribution >= 4 is 10.8 Å². The predicted molar refractivity (Wildman–Crippen MR) is 68.2 cm³/mol. The molecule has 0 aliphatic carbocycles. The van der Waals surface area contributed by atoms with Gasteiger partial charge in [-0.2, -0.15) is 5.10 Å². The molecule has 5 heteroatoms. The Kier molecular flexibility index (Phi) is 2.85. The van der Waals surface area contributed by atoms with Crippen molar-refractivity contribution in [1.82, 2.24) is 10.2 Å². The molecule has 1 aromatic heterocycles. The van der Waals surface area contributed by atoms with Crippen molar-refractivity contribution in [2.24, 2.45) is 5.73 Å². The summed E-state index contributed by atoms with van der Waals surface area (Å²) in [6.45, 7) is 1.07. The molecule has 2 heterocycles. The summed E-state index contributed by atoms with van der Waals surface area (Å²) in [6.07, 6.45) is 2.01. The molecule has 1 aromatic carbocycles. The molecular formula is C13H15N3O2. The number of hydrogen-bond donors (Lipinski definition) is 2. The van der Waals surface area contributed by atoms with Crippen molar-refractivity contribution in [2.45, 2.75) is 25.5 Å². The normalized spacial score (nSPS) is 19.5. The Morgan fingerprint density at radius 1 is 1.50 bits per heavy atom. The van der Waals surface area contributed by atoms with Gasteiger partial charge in [-0.25, -0.2) is 5.10 Å². The number of fused-ring (bicyclic) bond motifs is 1. The highest BCUT2D eigenvalue weighted by molar-refractivity contribution is 5.86. The van der Waals surface area contributed by atoms with Gasteiger partial charge in [0.1, 0.15) is 0 Å². The highest BCUT2D eigenvalue weighted by Crippen LogP contribution is 2.32. The highest BCUT2D eigenvalue weighted by Gasteiger charge is 2.21. The van der Waals surface area contributed by atoms with Gasteiger partial charge >= 0.3 is 0 Å². The number of rotatable bonds is 2. The van der Waals surface area contributed by atoms with E-state index in [0.29, 0.717) is 17.6 Å². The number of aromatic amines is 1. The average Bonchev–Trinajstić information content (AvgIpc) is 2.92. The van der Waals surface area contributed by atoms with Crippen LogP contribution in [-0.2, 0) is 11.3 Å². The second-order valence-electron chi connectivity index (χ2n) is 4.48. The first-order valence-electron chi connectivity index (χ1n) is 6.13. The van der Waals surface area contributed by atoms with Crippen LogP contribution in [0.3, 0.4) is 0 Å². The molecule has 0 unspecified atom stereocenters. The van der Waals surface area contributed by atoms with E-state index < -0.39 is 0 Å². The Hall–Kier alpha value is -1.72. The molecule has 0 bridgehead atoms. The molecule has 1 aliphatic heterocycles. The lowest BCUT2D eigenvalue weighted by Gasteiger charge is -2.13. The molecule has 18 heavy (non-hydrogen) atoms. The third-order valence-corrected chi connectivity index (χ3v) is 3.40. The van der Waals surface area contributed by atoms with Crippen LogP contribution >= 0.6 is 0 Å². The Morgan fingerprint density at radius 2 is 2.39 bits per heavy atom. The molecule has 3 rings (SSSR count). The highest BCUT2D eigenvalue weighted by atomic mass is 16.5. The Bertz CT molecular complexity index is 630. The van der Waals surface area contributed by atoms with E-state index in [1.54, 1.807) is 0 Å². The van der Waals surface area contributed by atoms with E-state index in [1.165, 1.54) is 0 Å². The molecule has 94 valence electrons. The molecule has 0 amide bonds. The van der Waals surface area contributed by atoms with Crippen LogP contribution in [0.4, 0.5) is 0 Å². The van der Waals surface area contributed by atoms with Crippen molar-refractivity contribution in [1.29, 1.82) is 0 Å². The molecule has 1 aliphatic rings. The number of benzene rings is 1. The van der Waals surface area contributed by atoms with Gasteiger partial charge in [-0.1, -0.05) is 18.2 Å². The molecular weight excluding hydrogens is 230 g/mol. The standard InChI is InChI=1S/C13H15N3O2/c14-7-10-8-3-1-4-9(11-5-2-6-18-11)12(8)13(17)16-15-10/h1,3-4,11H,2,5-7,14H2,(H,16,17)/t11-/m1/s1. The molecule has 5 nitrogen and oxygen atoms in total. The molecule has 1 saturated heterocycles. The first-order chi connectivity index (χ1) is 8.81. The maximum atomic E-state index is 12.0.